The summed E-state index contributed by atoms with van der Waals surface area (Å²) < 4.78 is 54.1. The van der Waals surface area contributed by atoms with Crippen molar-refractivity contribution in [2.45, 2.75) is 28.7 Å². The number of carbonyl (C=O) groups excluding carboxylic acids is 2. The predicted molar refractivity (Wildman–Crippen MR) is 169 cm³/mol. The molecule has 1 aromatic heterocycles. The SMILES string of the molecule is CN1CCN(c2cc(C(N)=O)c(C(=O)Nc3n[nH]c4ccc(S(=O)(=O)c5cc(F)cc(F)c5)cc34)cc2N2CCC[C@H]2C(=O)O)CC1. The molecule has 47 heavy (non-hydrogen) atoms. The highest BCUT2D eigenvalue weighted by atomic mass is 32.2. The highest BCUT2D eigenvalue weighted by Crippen LogP contribution is 2.38. The number of hydrogen-bond donors (Lipinski definition) is 4. The number of halogens is 2. The summed E-state index contributed by atoms with van der Waals surface area (Å²) in [6.07, 6.45) is 1.02. The lowest BCUT2D eigenvalue weighted by Gasteiger charge is -2.37. The fourth-order valence-corrected chi connectivity index (χ4v) is 7.39. The minimum absolute atomic E-state index is 0.0860. The molecule has 2 saturated heterocycles. The van der Waals surface area contributed by atoms with Gasteiger partial charge >= 0.3 is 5.97 Å². The summed E-state index contributed by atoms with van der Waals surface area (Å²) in [6.45, 7) is 3.09. The number of amides is 2. The monoisotopic (exact) mass is 667 g/mol. The first-order valence-corrected chi connectivity index (χ1v) is 16.2. The standard InChI is InChI=1S/C31H31F2N7O6S/c1-38-7-9-39(10-8-38)26-15-21(28(34)41)22(16-27(26)40-6-2-3-25(40)31(43)44)30(42)35-29-23-14-19(4-5-24(23)36-37-29)47(45,46)20-12-17(32)11-18(33)13-20/h4-5,11-16,25H,2-3,6-10H2,1H3,(H2,34,41)(H,43,44)(H2,35,36,37,42)/t25-/m0/s1. The Morgan fingerprint density at radius 1 is 0.936 bits per heavy atom. The first-order chi connectivity index (χ1) is 22.3. The van der Waals surface area contributed by atoms with E-state index in [0.29, 0.717) is 67.6 Å². The summed E-state index contributed by atoms with van der Waals surface area (Å²) in [7, 11) is -2.39. The molecule has 2 aliphatic rings. The lowest BCUT2D eigenvalue weighted by molar-refractivity contribution is -0.138. The molecule has 2 aliphatic heterocycles. The summed E-state index contributed by atoms with van der Waals surface area (Å²) >= 11 is 0. The van der Waals surface area contributed by atoms with E-state index in [0.717, 1.165) is 13.1 Å². The topological polar surface area (TPSA) is 182 Å². The van der Waals surface area contributed by atoms with E-state index < -0.39 is 50.2 Å². The molecule has 0 radical (unpaired) electrons. The van der Waals surface area contributed by atoms with Gasteiger partial charge in [-0.15, -0.1) is 0 Å². The molecule has 2 fully saturated rings. The molecule has 246 valence electrons. The minimum Gasteiger partial charge on any atom is -0.480 e. The molecule has 0 unspecified atom stereocenters. The van der Waals surface area contributed by atoms with Crippen LogP contribution in [0.15, 0.2) is 58.3 Å². The van der Waals surface area contributed by atoms with Gasteiger partial charge in [0.1, 0.15) is 17.7 Å². The zero-order valence-electron chi connectivity index (χ0n) is 25.2. The fraction of sp³-hybridized carbons (Fsp3) is 0.290. The number of primary amides is 1. The number of carboxylic acids is 1. The molecule has 13 nitrogen and oxygen atoms in total. The first-order valence-electron chi connectivity index (χ1n) is 14.7. The highest BCUT2D eigenvalue weighted by molar-refractivity contribution is 7.91. The molecule has 5 N–H and O–H groups in total. The number of aliphatic carboxylic acids is 1. The summed E-state index contributed by atoms with van der Waals surface area (Å²) in [5, 5.41) is 19.5. The summed E-state index contributed by atoms with van der Waals surface area (Å²) in [5.74, 6) is -4.90. The molecule has 6 rings (SSSR count). The van der Waals surface area contributed by atoms with Crippen molar-refractivity contribution in [3.63, 3.8) is 0 Å². The van der Waals surface area contributed by atoms with Crippen molar-refractivity contribution in [1.82, 2.24) is 15.1 Å². The number of fused-ring (bicyclic) bond motifs is 1. The Morgan fingerprint density at radius 3 is 2.28 bits per heavy atom. The van der Waals surface area contributed by atoms with Crippen molar-refractivity contribution in [1.29, 1.82) is 0 Å². The Hall–Kier alpha value is -5.09. The Labute approximate surface area is 267 Å². The molecule has 1 atom stereocenters. The molecule has 0 bridgehead atoms. The van der Waals surface area contributed by atoms with Gasteiger partial charge in [0, 0.05) is 44.2 Å². The van der Waals surface area contributed by atoms with Gasteiger partial charge in [-0.2, -0.15) is 5.10 Å². The van der Waals surface area contributed by atoms with Gasteiger partial charge in [-0.3, -0.25) is 14.7 Å². The number of hydrogen-bond acceptors (Lipinski definition) is 9. The zero-order chi connectivity index (χ0) is 33.6. The van der Waals surface area contributed by atoms with E-state index in [4.69, 9.17) is 5.73 Å². The first kappa shape index (κ1) is 31.9. The number of rotatable bonds is 8. The molecule has 3 heterocycles. The maximum absolute atomic E-state index is 13.8. The second-order valence-electron chi connectivity index (χ2n) is 11.6. The van der Waals surface area contributed by atoms with Crippen LogP contribution < -0.4 is 20.9 Å². The Bertz CT molecular complexity index is 2010. The molecule has 2 amide bonds. The van der Waals surface area contributed by atoms with E-state index in [-0.39, 0.29) is 27.2 Å². The summed E-state index contributed by atoms with van der Waals surface area (Å²) in [5.41, 5.74) is 6.94. The number of sulfone groups is 1. The number of nitrogens with two attached hydrogens (primary N) is 1. The van der Waals surface area contributed by atoms with Crippen LogP contribution in [-0.4, -0.2) is 92.2 Å². The summed E-state index contributed by atoms with van der Waals surface area (Å²) in [4.78, 5) is 43.7. The molecule has 0 spiro atoms. The Morgan fingerprint density at radius 2 is 1.62 bits per heavy atom. The van der Waals surface area contributed by atoms with Crippen molar-refractivity contribution < 1.29 is 36.7 Å². The predicted octanol–water partition coefficient (Wildman–Crippen LogP) is 2.83. The zero-order valence-corrected chi connectivity index (χ0v) is 26.0. The van der Waals surface area contributed by atoms with Gasteiger partial charge < -0.3 is 30.9 Å². The van der Waals surface area contributed by atoms with Crippen LogP contribution in [-0.2, 0) is 14.6 Å². The normalized spacial score (nSPS) is 17.3. The lowest BCUT2D eigenvalue weighted by Crippen LogP contribution is -2.45. The van der Waals surface area contributed by atoms with Crippen LogP contribution in [0.25, 0.3) is 10.9 Å². The molecule has 0 aliphatic carbocycles. The minimum atomic E-state index is -4.37. The number of carbonyl (C=O) groups is 3. The van der Waals surface area contributed by atoms with Crippen LogP contribution in [0.4, 0.5) is 26.0 Å². The van der Waals surface area contributed by atoms with E-state index in [9.17, 15) is 36.7 Å². The van der Waals surface area contributed by atoms with Crippen LogP contribution in [0, 0.1) is 11.6 Å². The van der Waals surface area contributed by atoms with Crippen LogP contribution >= 0.6 is 0 Å². The van der Waals surface area contributed by atoms with Gasteiger partial charge in [-0.05, 0) is 62.4 Å². The number of nitrogens with zero attached hydrogens (tertiary/aromatic N) is 4. The molecule has 4 aromatic rings. The quantitative estimate of drug-likeness (QED) is 0.218. The second-order valence-corrected chi connectivity index (χ2v) is 13.5. The van der Waals surface area contributed by atoms with E-state index in [1.807, 2.05) is 11.9 Å². The van der Waals surface area contributed by atoms with E-state index >= 15 is 0 Å². The summed E-state index contributed by atoms with van der Waals surface area (Å²) in [6, 6.07) is 7.92. The van der Waals surface area contributed by atoms with Gasteiger partial charge in [-0.25, -0.2) is 22.0 Å². The second kappa shape index (κ2) is 12.3. The van der Waals surface area contributed by atoms with Crippen LogP contribution in [0.3, 0.4) is 0 Å². The Balaban J connectivity index is 1.40. The average Bonchev–Trinajstić information content (AvgIpc) is 3.68. The van der Waals surface area contributed by atoms with Crippen LogP contribution in [0.5, 0.6) is 0 Å². The van der Waals surface area contributed by atoms with Gasteiger partial charge in [0.2, 0.25) is 15.7 Å². The van der Waals surface area contributed by atoms with Crippen LogP contribution in [0.2, 0.25) is 0 Å². The van der Waals surface area contributed by atoms with Crippen LogP contribution in [0.1, 0.15) is 33.6 Å². The Kier molecular flexibility index (Phi) is 8.31. The van der Waals surface area contributed by atoms with E-state index in [1.54, 1.807) is 4.90 Å². The largest absolute Gasteiger partial charge is 0.480 e. The third kappa shape index (κ3) is 6.08. The number of aromatic nitrogens is 2. The maximum Gasteiger partial charge on any atom is 0.326 e. The molecule has 0 saturated carbocycles. The number of benzene rings is 3. The molecule has 3 aromatic carbocycles. The van der Waals surface area contributed by atoms with Crippen molar-refractivity contribution in [2.24, 2.45) is 5.73 Å². The number of anilines is 3. The van der Waals surface area contributed by atoms with E-state index in [1.165, 1.54) is 30.3 Å². The van der Waals surface area contributed by atoms with Crippen molar-refractivity contribution in [2.75, 3.05) is 54.9 Å². The smallest absolute Gasteiger partial charge is 0.326 e. The van der Waals surface area contributed by atoms with Gasteiger partial charge in [-0.1, -0.05) is 0 Å². The lowest BCUT2D eigenvalue weighted by atomic mass is 10.0. The number of likely N-dealkylation sites (N-methyl/N-ethyl adjacent to an activating group) is 1. The van der Waals surface area contributed by atoms with Gasteiger partial charge in [0.25, 0.3) is 5.91 Å². The highest BCUT2D eigenvalue weighted by Gasteiger charge is 2.35. The molecular formula is C31H31F2N7O6S. The number of nitrogens with one attached hydrogen (secondary N) is 2. The van der Waals surface area contributed by atoms with Gasteiger partial charge in [0.15, 0.2) is 5.82 Å². The maximum atomic E-state index is 13.8. The third-order valence-corrected chi connectivity index (χ3v) is 10.3. The third-order valence-electron chi connectivity index (χ3n) is 8.54. The fourth-order valence-electron chi connectivity index (χ4n) is 6.06. The van der Waals surface area contributed by atoms with E-state index in [2.05, 4.69) is 20.4 Å². The molecular weight excluding hydrogens is 636 g/mol. The number of aromatic amines is 1. The van der Waals surface area contributed by atoms with Crippen molar-refractivity contribution in [3.8, 4) is 0 Å². The number of piperazine rings is 1. The van der Waals surface area contributed by atoms with Crippen molar-refractivity contribution in [3.05, 3.63) is 71.3 Å². The van der Waals surface area contributed by atoms with Gasteiger partial charge in [0.05, 0.1) is 37.8 Å². The average molecular weight is 668 g/mol. The number of carboxylic acid groups (broad SMARTS) is 1. The molecule has 16 heteroatoms. The van der Waals surface area contributed by atoms with Crippen molar-refractivity contribution >= 4 is 55.7 Å². The number of H-pyrrole nitrogens is 1.